The van der Waals surface area contributed by atoms with Crippen LogP contribution in [0.2, 0.25) is 0 Å². The molecular weight excluding hydrogens is 278 g/mol. The maximum absolute atomic E-state index is 12.0. The molecule has 0 aromatic rings. The fraction of sp³-hybridized carbons (Fsp3) is 0.857. The van der Waals surface area contributed by atoms with Crippen LogP contribution < -0.4 is 11.1 Å². The zero-order chi connectivity index (χ0) is 14.5. The highest BCUT2D eigenvalue weighted by atomic mass is 35.5. The molecule has 0 aromatic heterocycles. The number of halogens is 1. The van der Waals surface area contributed by atoms with Crippen LogP contribution >= 0.6 is 12.4 Å². The van der Waals surface area contributed by atoms with Crippen molar-refractivity contribution in [3.63, 3.8) is 0 Å². The van der Waals surface area contributed by atoms with E-state index in [4.69, 9.17) is 5.73 Å². The van der Waals surface area contributed by atoms with Gasteiger partial charge in [0.1, 0.15) is 0 Å². The van der Waals surface area contributed by atoms with Gasteiger partial charge in [0.25, 0.3) is 0 Å². The summed E-state index contributed by atoms with van der Waals surface area (Å²) in [6.45, 7) is 7.56. The molecule has 118 valence electrons. The fourth-order valence-corrected chi connectivity index (χ4v) is 2.28. The Morgan fingerprint density at radius 2 is 1.85 bits per heavy atom. The van der Waals surface area contributed by atoms with Gasteiger partial charge in [-0.2, -0.15) is 0 Å². The van der Waals surface area contributed by atoms with Gasteiger partial charge in [-0.25, -0.2) is 0 Å². The Morgan fingerprint density at radius 1 is 1.30 bits per heavy atom. The number of nitrogens with one attached hydrogen (secondary N) is 1. The summed E-state index contributed by atoms with van der Waals surface area (Å²) in [5.41, 5.74) is 4.99. The maximum atomic E-state index is 12.0. The predicted molar refractivity (Wildman–Crippen MR) is 82.7 cm³/mol. The quantitative estimate of drug-likeness (QED) is 0.752. The van der Waals surface area contributed by atoms with E-state index >= 15 is 0 Å². The van der Waals surface area contributed by atoms with Gasteiger partial charge >= 0.3 is 0 Å². The van der Waals surface area contributed by atoms with Crippen LogP contribution in [0.4, 0.5) is 0 Å². The summed E-state index contributed by atoms with van der Waals surface area (Å²) in [7, 11) is 0. The van der Waals surface area contributed by atoms with E-state index in [9.17, 15) is 9.59 Å². The van der Waals surface area contributed by atoms with Crippen LogP contribution in [-0.2, 0) is 9.59 Å². The highest BCUT2D eigenvalue weighted by Gasteiger charge is 2.32. The Labute approximate surface area is 128 Å². The SMILES string of the molecule is CCCCNC(=O)C1CCN(C(=O)C(C)(C)N)CC1.Cl. The van der Waals surface area contributed by atoms with Crippen molar-refractivity contribution in [2.45, 2.75) is 52.0 Å². The minimum atomic E-state index is -0.823. The monoisotopic (exact) mass is 305 g/mol. The van der Waals surface area contributed by atoms with E-state index in [1.54, 1.807) is 18.7 Å². The number of piperidine rings is 1. The van der Waals surface area contributed by atoms with Gasteiger partial charge in [-0.3, -0.25) is 9.59 Å². The normalized spacial score (nSPS) is 16.5. The summed E-state index contributed by atoms with van der Waals surface area (Å²) in [4.78, 5) is 25.7. The van der Waals surface area contributed by atoms with Crippen molar-refractivity contribution in [3.05, 3.63) is 0 Å². The van der Waals surface area contributed by atoms with Crippen molar-refractivity contribution >= 4 is 24.2 Å². The van der Waals surface area contributed by atoms with Gasteiger partial charge < -0.3 is 16.0 Å². The largest absolute Gasteiger partial charge is 0.356 e. The molecule has 1 aliphatic heterocycles. The Bertz CT molecular complexity index is 321. The van der Waals surface area contributed by atoms with E-state index in [-0.39, 0.29) is 30.1 Å². The van der Waals surface area contributed by atoms with Crippen molar-refractivity contribution in [2.24, 2.45) is 11.7 Å². The molecule has 1 saturated heterocycles. The molecule has 1 fully saturated rings. The molecule has 0 spiro atoms. The molecule has 6 heteroatoms. The number of hydrogen-bond donors (Lipinski definition) is 2. The first-order valence-corrected chi connectivity index (χ1v) is 7.22. The predicted octanol–water partition coefficient (Wildman–Crippen LogP) is 1.30. The summed E-state index contributed by atoms with van der Waals surface area (Å²) in [6.07, 6.45) is 3.57. The molecule has 0 aromatic carbocycles. The Balaban J connectivity index is 0.00000361. The molecule has 0 bridgehead atoms. The number of carbonyl (C=O) groups is 2. The Morgan fingerprint density at radius 3 is 2.30 bits per heavy atom. The number of nitrogens with two attached hydrogens (primary N) is 1. The summed E-state index contributed by atoms with van der Waals surface area (Å²) >= 11 is 0. The third-order valence-electron chi connectivity index (χ3n) is 3.53. The van der Waals surface area contributed by atoms with Gasteiger partial charge in [0.15, 0.2) is 0 Å². The number of unbranched alkanes of at least 4 members (excludes halogenated alkanes) is 1. The number of rotatable bonds is 5. The van der Waals surface area contributed by atoms with Gasteiger partial charge in [-0.05, 0) is 33.1 Å². The number of hydrogen-bond acceptors (Lipinski definition) is 3. The zero-order valence-corrected chi connectivity index (χ0v) is 13.6. The molecule has 0 saturated carbocycles. The number of likely N-dealkylation sites (tertiary alicyclic amines) is 1. The first-order chi connectivity index (χ1) is 8.86. The van der Waals surface area contributed by atoms with Crippen LogP contribution in [0.15, 0.2) is 0 Å². The molecule has 20 heavy (non-hydrogen) atoms. The Hall–Kier alpha value is -0.810. The van der Waals surface area contributed by atoms with E-state index in [1.807, 2.05) is 0 Å². The van der Waals surface area contributed by atoms with E-state index in [2.05, 4.69) is 12.2 Å². The lowest BCUT2D eigenvalue weighted by molar-refractivity contribution is -0.139. The third-order valence-corrected chi connectivity index (χ3v) is 3.53. The molecule has 1 aliphatic rings. The molecule has 1 rings (SSSR count). The summed E-state index contributed by atoms with van der Waals surface area (Å²) in [5, 5.41) is 2.96. The molecule has 5 nitrogen and oxygen atoms in total. The van der Waals surface area contributed by atoms with Gasteiger partial charge in [0.05, 0.1) is 5.54 Å². The summed E-state index contributed by atoms with van der Waals surface area (Å²) in [6, 6.07) is 0. The highest BCUT2D eigenvalue weighted by Crippen LogP contribution is 2.19. The number of nitrogens with zero attached hydrogens (tertiary/aromatic N) is 1. The van der Waals surface area contributed by atoms with Crippen molar-refractivity contribution < 1.29 is 9.59 Å². The summed E-state index contributed by atoms with van der Waals surface area (Å²) < 4.78 is 0. The molecular formula is C14H28ClN3O2. The van der Waals surface area contributed by atoms with Gasteiger partial charge in [0.2, 0.25) is 11.8 Å². The summed E-state index contributed by atoms with van der Waals surface area (Å²) in [5.74, 6) is 0.145. The van der Waals surface area contributed by atoms with Crippen molar-refractivity contribution in [2.75, 3.05) is 19.6 Å². The molecule has 0 aliphatic carbocycles. The highest BCUT2D eigenvalue weighted by molar-refractivity contribution is 5.86. The first-order valence-electron chi connectivity index (χ1n) is 7.22. The molecule has 0 radical (unpaired) electrons. The van der Waals surface area contributed by atoms with Gasteiger partial charge in [-0.1, -0.05) is 13.3 Å². The van der Waals surface area contributed by atoms with Crippen molar-refractivity contribution in [1.82, 2.24) is 10.2 Å². The van der Waals surface area contributed by atoms with Gasteiger partial charge in [0, 0.05) is 25.6 Å². The second kappa shape index (κ2) is 8.47. The van der Waals surface area contributed by atoms with Crippen molar-refractivity contribution in [3.8, 4) is 0 Å². The molecule has 2 amide bonds. The molecule has 1 heterocycles. The fourth-order valence-electron chi connectivity index (χ4n) is 2.28. The lowest BCUT2D eigenvalue weighted by Gasteiger charge is -2.35. The number of carbonyl (C=O) groups excluding carboxylic acids is 2. The topological polar surface area (TPSA) is 75.4 Å². The maximum Gasteiger partial charge on any atom is 0.242 e. The van der Waals surface area contributed by atoms with Crippen LogP contribution in [0.3, 0.4) is 0 Å². The van der Waals surface area contributed by atoms with Crippen LogP contribution in [0.1, 0.15) is 46.5 Å². The Kier molecular flexibility index (Phi) is 8.13. The average molecular weight is 306 g/mol. The molecule has 0 atom stereocenters. The molecule has 0 unspecified atom stereocenters. The second-order valence-corrected chi connectivity index (χ2v) is 5.93. The van der Waals surface area contributed by atoms with E-state index < -0.39 is 5.54 Å². The zero-order valence-electron chi connectivity index (χ0n) is 12.8. The van der Waals surface area contributed by atoms with E-state index in [1.165, 1.54) is 0 Å². The van der Waals surface area contributed by atoms with Crippen LogP contribution in [0, 0.1) is 5.92 Å². The second-order valence-electron chi connectivity index (χ2n) is 5.93. The van der Waals surface area contributed by atoms with E-state index in [0.29, 0.717) is 13.1 Å². The van der Waals surface area contributed by atoms with Crippen LogP contribution in [0.5, 0.6) is 0 Å². The first kappa shape index (κ1) is 19.2. The molecule has 3 N–H and O–H groups in total. The smallest absolute Gasteiger partial charge is 0.242 e. The van der Waals surface area contributed by atoms with E-state index in [0.717, 1.165) is 32.2 Å². The van der Waals surface area contributed by atoms with Crippen LogP contribution in [-0.4, -0.2) is 41.9 Å². The third kappa shape index (κ3) is 5.67. The lowest BCUT2D eigenvalue weighted by Crippen LogP contribution is -2.54. The number of amides is 2. The average Bonchev–Trinajstić information content (AvgIpc) is 2.37. The van der Waals surface area contributed by atoms with Crippen molar-refractivity contribution in [1.29, 1.82) is 0 Å². The lowest BCUT2D eigenvalue weighted by atomic mass is 9.94. The van der Waals surface area contributed by atoms with Gasteiger partial charge in [-0.15, -0.1) is 12.4 Å². The minimum absolute atomic E-state index is 0. The standard InChI is InChI=1S/C14H27N3O2.ClH/c1-4-5-8-16-12(18)11-6-9-17(10-7-11)13(19)14(2,3)15;/h11H,4-10,15H2,1-3H3,(H,16,18);1H. The minimum Gasteiger partial charge on any atom is -0.356 e. The van der Waals surface area contributed by atoms with Crippen LogP contribution in [0.25, 0.3) is 0 Å².